The van der Waals surface area contributed by atoms with E-state index in [0.29, 0.717) is 10.1 Å². The first kappa shape index (κ1) is 21.6. The molecule has 2 heterocycles. The van der Waals surface area contributed by atoms with Crippen LogP contribution in [-0.4, -0.2) is 38.7 Å². The van der Waals surface area contributed by atoms with E-state index in [1.807, 2.05) is 67.8 Å². The first-order valence-corrected chi connectivity index (χ1v) is 10.9. The summed E-state index contributed by atoms with van der Waals surface area (Å²) in [5.74, 6) is -1.06. The van der Waals surface area contributed by atoms with E-state index < -0.39 is 5.97 Å². The minimum absolute atomic E-state index is 0.0986. The molecule has 1 N–H and O–H groups in total. The zero-order valence-corrected chi connectivity index (χ0v) is 19.1. The van der Waals surface area contributed by atoms with E-state index in [1.54, 1.807) is 30.1 Å². The van der Waals surface area contributed by atoms with Gasteiger partial charge in [-0.05, 0) is 80.6 Å². The lowest BCUT2D eigenvalue weighted by atomic mass is 10.2. The zero-order valence-electron chi connectivity index (χ0n) is 18.3. The predicted octanol–water partition coefficient (Wildman–Crippen LogP) is 5.33. The van der Waals surface area contributed by atoms with Gasteiger partial charge in [0.05, 0.1) is 16.2 Å². The Morgan fingerprint density at radius 3 is 2.47 bits per heavy atom. The average molecular weight is 446 g/mol. The zero-order chi connectivity index (χ0) is 23.0. The molecule has 2 aromatic carbocycles. The molecule has 4 rings (SSSR count). The van der Waals surface area contributed by atoms with Crippen LogP contribution in [0, 0.1) is 20.8 Å². The predicted molar refractivity (Wildman–Crippen MR) is 129 cm³/mol. The minimum atomic E-state index is -0.965. The fourth-order valence-corrected chi connectivity index (χ4v) is 4.61. The van der Waals surface area contributed by atoms with Gasteiger partial charge in [0.15, 0.2) is 5.17 Å². The van der Waals surface area contributed by atoms with E-state index >= 15 is 0 Å². The number of aromatic carboxylic acids is 1. The Labute approximate surface area is 190 Å². The van der Waals surface area contributed by atoms with Crippen LogP contribution in [0.3, 0.4) is 0 Å². The first-order valence-electron chi connectivity index (χ1n) is 10.1. The summed E-state index contributed by atoms with van der Waals surface area (Å²) in [5.41, 5.74) is 5.75. The van der Waals surface area contributed by atoms with Gasteiger partial charge in [-0.2, -0.15) is 0 Å². The van der Waals surface area contributed by atoms with Gasteiger partial charge in [0, 0.05) is 24.1 Å². The molecular formula is C25H23N3O3S. The van der Waals surface area contributed by atoms with Crippen molar-refractivity contribution in [1.82, 2.24) is 9.47 Å². The van der Waals surface area contributed by atoms with E-state index in [2.05, 4.69) is 4.99 Å². The number of hydrogen-bond donors (Lipinski definition) is 1. The molecule has 162 valence electrons. The quantitative estimate of drug-likeness (QED) is 0.551. The molecule has 3 aromatic rings. The fourth-order valence-electron chi connectivity index (χ4n) is 3.63. The van der Waals surface area contributed by atoms with Crippen LogP contribution in [0.5, 0.6) is 0 Å². The molecule has 6 nitrogen and oxygen atoms in total. The summed E-state index contributed by atoms with van der Waals surface area (Å²) >= 11 is 1.35. The molecule has 1 fully saturated rings. The molecule has 1 aromatic heterocycles. The molecule has 32 heavy (non-hydrogen) atoms. The Kier molecular flexibility index (Phi) is 5.76. The molecule has 0 spiro atoms. The highest BCUT2D eigenvalue weighted by Gasteiger charge is 2.30. The third kappa shape index (κ3) is 4.11. The van der Waals surface area contributed by atoms with Crippen molar-refractivity contribution in [3.8, 4) is 5.69 Å². The maximum absolute atomic E-state index is 12.8. The van der Waals surface area contributed by atoms with Crippen LogP contribution in [0.25, 0.3) is 11.8 Å². The number of carboxylic acids is 1. The highest BCUT2D eigenvalue weighted by atomic mass is 32.2. The summed E-state index contributed by atoms with van der Waals surface area (Å²) in [4.78, 5) is 31.0. The summed E-state index contributed by atoms with van der Waals surface area (Å²) < 4.78 is 1.99. The van der Waals surface area contributed by atoms with E-state index in [0.717, 1.165) is 33.9 Å². The van der Waals surface area contributed by atoms with E-state index in [9.17, 15) is 14.7 Å². The molecule has 1 amide bonds. The normalized spacial score (nSPS) is 16.4. The number of aryl methyl sites for hydroxylation is 2. The standard InChI is InChI=1S/C25H23N3O3S/c1-15-8-10-20(11-9-15)26-25-27(4)23(29)22(32-25)14-19-12-16(2)28(17(19)3)21-7-5-6-18(13-21)24(30)31/h5-14H,1-4H3,(H,30,31)/b22-14+,26-25?. The Bertz CT molecular complexity index is 1290. The Hall–Kier alpha value is -3.58. The van der Waals surface area contributed by atoms with Crippen LogP contribution in [0.15, 0.2) is 64.5 Å². The monoisotopic (exact) mass is 445 g/mol. The molecule has 7 heteroatoms. The maximum Gasteiger partial charge on any atom is 0.335 e. The number of rotatable bonds is 4. The second-order valence-electron chi connectivity index (χ2n) is 7.72. The molecule has 0 bridgehead atoms. The number of carbonyl (C=O) groups excluding carboxylic acids is 1. The van der Waals surface area contributed by atoms with Crippen molar-refractivity contribution in [2.24, 2.45) is 4.99 Å². The van der Waals surface area contributed by atoms with Crippen molar-refractivity contribution >= 4 is 40.6 Å². The minimum Gasteiger partial charge on any atom is -0.478 e. The number of aromatic nitrogens is 1. The van der Waals surface area contributed by atoms with Gasteiger partial charge in [-0.25, -0.2) is 9.79 Å². The summed E-state index contributed by atoms with van der Waals surface area (Å²) in [6, 6.07) is 16.7. The Morgan fingerprint density at radius 2 is 1.78 bits per heavy atom. The van der Waals surface area contributed by atoms with Crippen molar-refractivity contribution < 1.29 is 14.7 Å². The molecule has 1 aliphatic heterocycles. The maximum atomic E-state index is 12.8. The van der Waals surface area contributed by atoms with Crippen LogP contribution in [0.1, 0.15) is 32.9 Å². The number of amides is 1. The Balaban J connectivity index is 1.68. The lowest BCUT2D eigenvalue weighted by Gasteiger charge is -2.10. The van der Waals surface area contributed by atoms with Crippen molar-refractivity contribution in [1.29, 1.82) is 0 Å². The number of likely N-dealkylation sites (N-methyl/N-ethyl adjacent to an activating group) is 1. The summed E-state index contributed by atoms with van der Waals surface area (Å²) in [6.45, 7) is 5.94. The second kappa shape index (κ2) is 8.51. The van der Waals surface area contributed by atoms with Crippen molar-refractivity contribution in [2.75, 3.05) is 7.05 Å². The van der Waals surface area contributed by atoms with Gasteiger partial charge in [-0.3, -0.25) is 9.69 Å². The van der Waals surface area contributed by atoms with Crippen LogP contribution in [0.2, 0.25) is 0 Å². The van der Waals surface area contributed by atoms with E-state index in [1.165, 1.54) is 11.8 Å². The molecule has 1 saturated heterocycles. The number of aliphatic imine (C=N–C) groups is 1. The number of amidine groups is 1. The summed E-state index contributed by atoms with van der Waals surface area (Å²) in [7, 11) is 1.73. The molecule has 0 saturated carbocycles. The third-order valence-corrected chi connectivity index (χ3v) is 6.43. The molecule has 0 aliphatic carbocycles. The Morgan fingerprint density at radius 1 is 1.06 bits per heavy atom. The number of benzene rings is 2. The third-order valence-electron chi connectivity index (χ3n) is 5.37. The van der Waals surface area contributed by atoms with Crippen molar-refractivity contribution in [3.63, 3.8) is 0 Å². The number of carboxylic acid groups (broad SMARTS) is 1. The number of thioether (sulfide) groups is 1. The first-order chi connectivity index (χ1) is 15.2. The fraction of sp³-hybridized carbons (Fsp3) is 0.160. The number of hydrogen-bond acceptors (Lipinski definition) is 4. The SMILES string of the molecule is Cc1ccc(N=C2S/C(=C/c3cc(C)n(-c4cccc(C(=O)O)c4)c3C)C(=O)N2C)cc1. The van der Waals surface area contributed by atoms with Gasteiger partial charge in [0.25, 0.3) is 5.91 Å². The van der Waals surface area contributed by atoms with Crippen molar-refractivity contribution in [3.05, 3.63) is 87.6 Å². The highest BCUT2D eigenvalue weighted by Crippen LogP contribution is 2.34. The van der Waals surface area contributed by atoms with Crippen LogP contribution < -0.4 is 0 Å². The number of nitrogens with zero attached hydrogens (tertiary/aromatic N) is 3. The van der Waals surface area contributed by atoms with Gasteiger partial charge in [-0.15, -0.1) is 0 Å². The topological polar surface area (TPSA) is 74.9 Å². The molecule has 0 unspecified atom stereocenters. The lowest BCUT2D eigenvalue weighted by Crippen LogP contribution is -2.23. The summed E-state index contributed by atoms with van der Waals surface area (Å²) in [5, 5.41) is 9.95. The number of carbonyl (C=O) groups is 2. The van der Waals surface area contributed by atoms with E-state index in [4.69, 9.17) is 0 Å². The van der Waals surface area contributed by atoms with Gasteiger partial charge in [0.2, 0.25) is 0 Å². The van der Waals surface area contributed by atoms with Crippen LogP contribution in [0.4, 0.5) is 5.69 Å². The average Bonchev–Trinajstić information content (AvgIpc) is 3.19. The molecular weight excluding hydrogens is 422 g/mol. The van der Waals surface area contributed by atoms with Gasteiger partial charge < -0.3 is 9.67 Å². The molecule has 1 aliphatic rings. The van der Waals surface area contributed by atoms with Gasteiger partial charge in [0.1, 0.15) is 0 Å². The smallest absolute Gasteiger partial charge is 0.335 e. The van der Waals surface area contributed by atoms with Gasteiger partial charge in [-0.1, -0.05) is 23.8 Å². The second-order valence-corrected chi connectivity index (χ2v) is 8.73. The van der Waals surface area contributed by atoms with Crippen LogP contribution >= 0.6 is 11.8 Å². The van der Waals surface area contributed by atoms with Gasteiger partial charge >= 0.3 is 5.97 Å². The highest BCUT2D eigenvalue weighted by molar-refractivity contribution is 8.18. The summed E-state index contributed by atoms with van der Waals surface area (Å²) in [6.07, 6.45) is 1.88. The van der Waals surface area contributed by atoms with E-state index in [-0.39, 0.29) is 11.5 Å². The molecule has 0 atom stereocenters. The van der Waals surface area contributed by atoms with Crippen molar-refractivity contribution in [2.45, 2.75) is 20.8 Å². The van der Waals surface area contributed by atoms with Crippen LogP contribution in [-0.2, 0) is 4.79 Å². The molecule has 0 radical (unpaired) electrons. The largest absolute Gasteiger partial charge is 0.478 e. The lowest BCUT2D eigenvalue weighted by molar-refractivity contribution is -0.121.